The van der Waals surface area contributed by atoms with Gasteiger partial charge in [0.15, 0.2) is 0 Å². The molecule has 1 heterocycles. The summed E-state index contributed by atoms with van der Waals surface area (Å²) in [7, 11) is 0. The number of amides is 1. The lowest BCUT2D eigenvalue weighted by Gasteiger charge is -2.03. The standard InChI is InChI=1S/C19H18N4O2/c1-13-18(14(2)23(22-13)16-6-4-3-5-7-16)12-20-21-19(25)15-8-10-17(24)11-9-15/h3-12,24H,1-2H3,(H,21,25). The van der Waals surface area contributed by atoms with Crippen LogP contribution in [0.3, 0.4) is 0 Å². The Morgan fingerprint density at radius 2 is 1.80 bits per heavy atom. The third kappa shape index (κ3) is 3.58. The molecule has 0 saturated carbocycles. The number of hydrogen-bond acceptors (Lipinski definition) is 4. The van der Waals surface area contributed by atoms with Crippen LogP contribution in [0, 0.1) is 13.8 Å². The van der Waals surface area contributed by atoms with Crippen LogP contribution in [-0.2, 0) is 0 Å². The Bertz CT molecular complexity index is 913. The molecule has 0 radical (unpaired) electrons. The van der Waals surface area contributed by atoms with Crippen LogP contribution in [-0.4, -0.2) is 27.0 Å². The van der Waals surface area contributed by atoms with Crippen molar-refractivity contribution in [3.8, 4) is 11.4 Å². The molecule has 1 amide bonds. The van der Waals surface area contributed by atoms with Crippen LogP contribution in [0.1, 0.15) is 27.3 Å². The van der Waals surface area contributed by atoms with Gasteiger partial charge >= 0.3 is 0 Å². The zero-order chi connectivity index (χ0) is 17.8. The van der Waals surface area contributed by atoms with E-state index in [9.17, 15) is 9.90 Å². The fourth-order valence-corrected chi connectivity index (χ4v) is 2.49. The van der Waals surface area contributed by atoms with Gasteiger partial charge in [0, 0.05) is 11.1 Å². The van der Waals surface area contributed by atoms with E-state index in [0.29, 0.717) is 5.56 Å². The number of carbonyl (C=O) groups is 1. The first-order chi connectivity index (χ1) is 12.1. The van der Waals surface area contributed by atoms with Crippen LogP contribution in [0.15, 0.2) is 59.7 Å². The first kappa shape index (κ1) is 16.4. The molecule has 0 bridgehead atoms. The normalized spacial score (nSPS) is 11.0. The van der Waals surface area contributed by atoms with E-state index in [1.165, 1.54) is 24.3 Å². The second-order valence-corrected chi connectivity index (χ2v) is 5.58. The van der Waals surface area contributed by atoms with Crippen LogP contribution in [0.25, 0.3) is 5.69 Å². The molecule has 0 spiro atoms. The van der Waals surface area contributed by atoms with Gasteiger partial charge in [-0.1, -0.05) is 18.2 Å². The highest BCUT2D eigenvalue weighted by molar-refractivity contribution is 5.95. The summed E-state index contributed by atoms with van der Waals surface area (Å²) in [5.74, 6) is -0.235. The number of benzene rings is 2. The molecule has 0 unspecified atom stereocenters. The van der Waals surface area contributed by atoms with Crippen LogP contribution in [0.5, 0.6) is 5.75 Å². The van der Waals surface area contributed by atoms with Crippen molar-refractivity contribution in [2.45, 2.75) is 13.8 Å². The summed E-state index contributed by atoms with van der Waals surface area (Å²) in [6.45, 7) is 3.85. The lowest BCUT2D eigenvalue weighted by Crippen LogP contribution is -2.17. The smallest absolute Gasteiger partial charge is 0.271 e. The molecule has 6 nitrogen and oxygen atoms in total. The lowest BCUT2D eigenvalue weighted by molar-refractivity contribution is 0.0955. The Morgan fingerprint density at radius 1 is 1.12 bits per heavy atom. The van der Waals surface area contributed by atoms with Crippen molar-refractivity contribution in [2.75, 3.05) is 0 Å². The van der Waals surface area contributed by atoms with Crippen molar-refractivity contribution >= 4 is 12.1 Å². The number of phenolic OH excluding ortho intramolecular Hbond substituents is 1. The Balaban J connectivity index is 1.77. The first-order valence-corrected chi connectivity index (χ1v) is 7.80. The van der Waals surface area contributed by atoms with Gasteiger partial charge in [0.2, 0.25) is 0 Å². The van der Waals surface area contributed by atoms with Gasteiger partial charge < -0.3 is 5.11 Å². The summed E-state index contributed by atoms with van der Waals surface area (Å²) in [5, 5.41) is 17.8. The quantitative estimate of drug-likeness (QED) is 0.569. The number of para-hydroxylation sites is 1. The first-order valence-electron chi connectivity index (χ1n) is 7.80. The van der Waals surface area contributed by atoms with E-state index in [2.05, 4.69) is 15.6 Å². The molecule has 6 heteroatoms. The number of nitrogens with zero attached hydrogens (tertiary/aromatic N) is 3. The molecule has 3 aromatic rings. The Kier molecular flexibility index (Phi) is 4.61. The largest absolute Gasteiger partial charge is 0.508 e. The van der Waals surface area contributed by atoms with Crippen molar-refractivity contribution < 1.29 is 9.90 Å². The van der Waals surface area contributed by atoms with Crippen molar-refractivity contribution in [1.82, 2.24) is 15.2 Å². The van der Waals surface area contributed by atoms with Gasteiger partial charge in [-0.2, -0.15) is 10.2 Å². The Hall–Kier alpha value is -3.41. The number of phenols is 1. The van der Waals surface area contributed by atoms with Crippen LogP contribution in [0.4, 0.5) is 0 Å². The summed E-state index contributed by atoms with van der Waals surface area (Å²) in [6.07, 6.45) is 1.59. The number of aromatic hydroxyl groups is 1. The van der Waals surface area contributed by atoms with E-state index in [1.54, 1.807) is 6.21 Å². The molecule has 0 saturated heterocycles. The molecule has 3 rings (SSSR count). The summed E-state index contributed by atoms with van der Waals surface area (Å²) < 4.78 is 1.85. The zero-order valence-electron chi connectivity index (χ0n) is 14.0. The molecular formula is C19H18N4O2. The molecule has 0 fully saturated rings. The fourth-order valence-electron chi connectivity index (χ4n) is 2.49. The van der Waals surface area contributed by atoms with Crippen LogP contribution in [0.2, 0.25) is 0 Å². The lowest BCUT2D eigenvalue weighted by atomic mass is 10.2. The molecule has 0 atom stereocenters. The van der Waals surface area contributed by atoms with Gasteiger partial charge in [-0.05, 0) is 50.2 Å². The predicted octanol–water partition coefficient (Wildman–Crippen LogP) is 2.96. The van der Waals surface area contributed by atoms with Crippen molar-refractivity contribution in [3.63, 3.8) is 0 Å². The fraction of sp³-hybridized carbons (Fsp3) is 0.105. The minimum Gasteiger partial charge on any atom is -0.508 e. The van der Waals surface area contributed by atoms with E-state index in [4.69, 9.17) is 0 Å². The van der Waals surface area contributed by atoms with Gasteiger partial charge in [-0.25, -0.2) is 10.1 Å². The number of aryl methyl sites for hydroxylation is 1. The highest BCUT2D eigenvalue weighted by Crippen LogP contribution is 2.16. The maximum Gasteiger partial charge on any atom is 0.271 e. The van der Waals surface area contributed by atoms with Crippen molar-refractivity contribution in [3.05, 3.63) is 77.1 Å². The summed E-state index contributed by atoms with van der Waals surface area (Å²) >= 11 is 0. The van der Waals surface area contributed by atoms with Crippen LogP contribution >= 0.6 is 0 Å². The maximum absolute atomic E-state index is 12.0. The second-order valence-electron chi connectivity index (χ2n) is 5.58. The van der Waals surface area contributed by atoms with Gasteiger partial charge in [-0.15, -0.1) is 0 Å². The third-order valence-electron chi connectivity index (χ3n) is 3.84. The number of carbonyl (C=O) groups excluding carboxylic acids is 1. The highest BCUT2D eigenvalue weighted by Gasteiger charge is 2.11. The van der Waals surface area contributed by atoms with E-state index < -0.39 is 0 Å². The van der Waals surface area contributed by atoms with E-state index >= 15 is 0 Å². The number of rotatable bonds is 4. The molecule has 1 aromatic heterocycles. The molecule has 0 aliphatic heterocycles. The van der Waals surface area contributed by atoms with Gasteiger partial charge in [0.1, 0.15) is 5.75 Å². The number of hydrazone groups is 1. The van der Waals surface area contributed by atoms with Crippen molar-refractivity contribution in [2.24, 2.45) is 5.10 Å². The van der Waals surface area contributed by atoms with E-state index in [0.717, 1.165) is 22.6 Å². The minimum absolute atomic E-state index is 0.111. The molecule has 0 aliphatic carbocycles. The second kappa shape index (κ2) is 7.00. The monoisotopic (exact) mass is 334 g/mol. The number of hydrogen-bond donors (Lipinski definition) is 2. The average molecular weight is 334 g/mol. The molecular weight excluding hydrogens is 316 g/mol. The van der Waals surface area contributed by atoms with E-state index in [-0.39, 0.29) is 11.7 Å². The zero-order valence-corrected chi connectivity index (χ0v) is 14.0. The minimum atomic E-state index is -0.345. The van der Waals surface area contributed by atoms with Gasteiger partial charge in [-0.3, -0.25) is 4.79 Å². The van der Waals surface area contributed by atoms with Crippen molar-refractivity contribution in [1.29, 1.82) is 0 Å². The third-order valence-corrected chi connectivity index (χ3v) is 3.84. The van der Waals surface area contributed by atoms with Crippen LogP contribution < -0.4 is 5.43 Å². The summed E-state index contributed by atoms with van der Waals surface area (Å²) in [6, 6.07) is 15.8. The van der Waals surface area contributed by atoms with E-state index in [1.807, 2.05) is 48.9 Å². The average Bonchev–Trinajstić information content (AvgIpc) is 2.91. The Labute approximate surface area is 145 Å². The Morgan fingerprint density at radius 3 is 2.48 bits per heavy atom. The molecule has 25 heavy (non-hydrogen) atoms. The molecule has 0 aliphatic rings. The number of aromatic nitrogens is 2. The van der Waals surface area contributed by atoms with Gasteiger partial charge in [0.05, 0.1) is 23.3 Å². The topological polar surface area (TPSA) is 79.5 Å². The predicted molar refractivity (Wildman–Crippen MR) is 96.2 cm³/mol. The molecule has 126 valence electrons. The highest BCUT2D eigenvalue weighted by atomic mass is 16.3. The SMILES string of the molecule is Cc1nn(-c2ccccc2)c(C)c1C=NNC(=O)c1ccc(O)cc1. The molecule has 2 aromatic carbocycles. The van der Waals surface area contributed by atoms with Gasteiger partial charge in [0.25, 0.3) is 5.91 Å². The summed E-state index contributed by atoms with van der Waals surface area (Å²) in [5.41, 5.74) is 6.49. The molecule has 2 N–H and O–H groups in total. The number of nitrogens with one attached hydrogen (secondary N) is 1. The maximum atomic E-state index is 12.0. The summed E-state index contributed by atoms with van der Waals surface area (Å²) in [4.78, 5) is 12.0.